The molecule has 0 radical (unpaired) electrons. The van der Waals surface area contributed by atoms with E-state index in [1.807, 2.05) is 19.9 Å². The Kier molecular flexibility index (Phi) is 7.17. The van der Waals surface area contributed by atoms with Crippen LogP contribution in [-0.2, 0) is 19.1 Å². The highest BCUT2D eigenvalue weighted by Gasteiger charge is 2.32. The first-order valence-corrected chi connectivity index (χ1v) is 9.27. The highest BCUT2D eigenvalue weighted by Crippen LogP contribution is 2.23. The maximum absolute atomic E-state index is 13.3. The molecule has 1 heterocycles. The number of fused-ring (bicyclic) bond motifs is 1. The quantitative estimate of drug-likeness (QED) is 0.567. The van der Waals surface area contributed by atoms with Crippen molar-refractivity contribution >= 4 is 34.4 Å². The van der Waals surface area contributed by atoms with Gasteiger partial charge in [-0.3, -0.25) is 24.6 Å². The molecule has 0 aliphatic carbocycles. The molecule has 0 aliphatic heterocycles. The fraction of sp³-hybridized carbons (Fsp3) is 0.450. The van der Waals surface area contributed by atoms with Crippen molar-refractivity contribution in [1.29, 1.82) is 0 Å². The summed E-state index contributed by atoms with van der Waals surface area (Å²) >= 11 is 0. The molecular weight excluding hydrogens is 362 g/mol. The average molecular weight is 389 g/mol. The van der Waals surface area contributed by atoms with Crippen LogP contribution >= 0.6 is 0 Å². The molecular formula is C20H27N3O5. The van der Waals surface area contributed by atoms with Crippen molar-refractivity contribution in [2.45, 2.75) is 39.8 Å². The average Bonchev–Trinajstić information content (AvgIpc) is 3.10. The van der Waals surface area contributed by atoms with Gasteiger partial charge in [-0.2, -0.15) is 0 Å². The number of H-pyrrole nitrogens is 1. The molecule has 0 saturated carbocycles. The van der Waals surface area contributed by atoms with E-state index in [1.165, 1.54) is 4.90 Å². The van der Waals surface area contributed by atoms with Gasteiger partial charge in [0, 0.05) is 22.8 Å². The van der Waals surface area contributed by atoms with Gasteiger partial charge in [0.1, 0.15) is 12.6 Å². The number of aromatic amines is 1. The molecule has 8 heteroatoms. The summed E-state index contributed by atoms with van der Waals surface area (Å²) in [7, 11) is 0. The number of carbonyl (C=O) groups excluding carboxylic acids is 2. The predicted octanol–water partition coefficient (Wildman–Crippen LogP) is 2.15. The van der Waals surface area contributed by atoms with Crippen LogP contribution in [0, 0.1) is 5.92 Å². The number of hydrogen-bond donors (Lipinski definition) is 3. The second-order valence-electron chi connectivity index (χ2n) is 6.93. The zero-order valence-electron chi connectivity index (χ0n) is 16.6. The SMILES string of the molecule is CCOC(=O)[C@H](C)N[C@H](C(=O)N(CC(=O)O)c1ccc2[nH]ccc2c1)C(C)C. The molecule has 2 aromatic rings. The van der Waals surface area contributed by atoms with Gasteiger partial charge >= 0.3 is 11.9 Å². The van der Waals surface area contributed by atoms with Crippen molar-refractivity contribution in [3.63, 3.8) is 0 Å². The third kappa shape index (κ3) is 5.10. The number of anilines is 1. The third-order valence-corrected chi connectivity index (χ3v) is 4.41. The second-order valence-corrected chi connectivity index (χ2v) is 6.93. The Labute approximate surface area is 163 Å². The molecule has 0 aliphatic rings. The lowest BCUT2D eigenvalue weighted by atomic mass is 10.0. The lowest BCUT2D eigenvalue weighted by Crippen LogP contribution is -2.54. The number of rotatable bonds is 9. The zero-order chi connectivity index (χ0) is 20.8. The zero-order valence-corrected chi connectivity index (χ0v) is 16.6. The fourth-order valence-electron chi connectivity index (χ4n) is 2.96. The van der Waals surface area contributed by atoms with Crippen LogP contribution in [0.4, 0.5) is 5.69 Å². The second kappa shape index (κ2) is 9.36. The number of carboxylic acids is 1. The van der Waals surface area contributed by atoms with Gasteiger partial charge in [-0.05, 0) is 44.0 Å². The van der Waals surface area contributed by atoms with Crippen molar-refractivity contribution in [3.05, 3.63) is 30.5 Å². The van der Waals surface area contributed by atoms with Crippen LogP contribution in [0.15, 0.2) is 30.5 Å². The summed E-state index contributed by atoms with van der Waals surface area (Å²) in [5.41, 5.74) is 1.37. The molecule has 1 aromatic carbocycles. The van der Waals surface area contributed by atoms with Gasteiger partial charge in [0.15, 0.2) is 0 Å². The van der Waals surface area contributed by atoms with Gasteiger partial charge in [-0.1, -0.05) is 13.8 Å². The minimum Gasteiger partial charge on any atom is -0.480 e. The number of nitrogens with zero attached hydrogens (tertiary/aromatic N) is 1. The molecule has 3 N–H and O–H groups in total. The Hall–Kier alpha value is -2.87. The number of ether oxygens (including phenoxy) is 1. The Bertz CT molecular complexity index is 845. The van der Waals surface area contributed by atoms with Gasteiger partial charge in [0.2, 0.25) is 5.91 Å². The van der Waals surface area contributed by atoms with E-state index < -0.39 is 36.5 Å². The molecule has 0 bridgehead atoms. The molecule has 0 saturated heterocycles. The van der Waals surface area contributed by atoms with Gasteiger partial charge in [0.25, 0.3) is 0 Å². The summed E-state index contributed by atoms with van der Waals surface area (Å²) in [6.45, 7) is 6.76. The summed E-state index contributed by atoms with van der Waals surface area (Å²) in [5.74, 6) is -2.16. The first-order chi connectivity index (χ1) is 13.2. The molecule has 1 aromatic heterocycles. The standard InChI is InChI=1S/C20H27N3O5/c1-5-28-20(27)13(4)22-18(12(2)3)19(26)23(11-17(24)25)15-6-7-16-14(10-15)8-9-21-16/h6-10,12-13,18,21-22H,5,11H2,1-4H3,(H,24,25)/t13-,18-/m0/s1. The predicted molar refractivity (Wildman–Crippen MR) is 106 cm³/mol. The lowest BCUT2D eigenvalue weighted by Gasteiger charge is -2.30. The van der Waals surface area contributed by atoms with Crippen LogP contribution in [0.25, 0.3) is 10.9 Å². The lowest BCUT2D eigenvalue weighted by molar-refractivity contribution is -0.145. The van der Waals surface area contributed by atoms with Crippen LogP contribution in [-0.4, -0.2) is 53.2 Å². The molecule has 8 nitrogen and oxygen atoms in total. The molecule has 0 fully saturated rings. The van der Waals surface area contributed by atoms with Crippen molar-refractivity contribution in [2.24, 2.45) is 5.92 Å². The number of benzene rings is 1. The molecule has 1 amide bonds. The van der Waals surface area contributed by atoms with Crippen molar-refractivity contribution in [1.82, 2.24) is 10.3 Å². The van der Waals surface area contributed by atoms with Gasteiger partial charge in [-0.25, -0.2) is 0 Å². The highest BCUT2D eigenvalue weighted by molar-refractivity contribution is 6.02. The summed E-state index contributed by atoms with van der Waals surface area (Å²) < 4.78 is 4.99. The largest absolute Gasteiger partial charge is 0.480 e. The maximum atomic E-state index is 13.3. The third-order valence-electron chi connectivity index (χ3n) is 4.41. The smallest absolute Gasteiger partial charge is 0.323 e. The van der Waals surface area contributed by atoms with E-state index in [0.29, 0.717) is 5.69 Å². The van der Waals surface area contributed by atoms with Gasteiger partial charge in [0.05, 0.1) is 12.6 Å². The normalized spacial score (nSPS) is 13.3. The molecule has 2 rings (SSSR count). The van der Waals surface area contributed by atoms with E-state index in [-0.39, 0.29) is 12.5 Å². The Morgan fingerprint density at radius 2 is 1.93 bits per heavy atom. The van der Waals surface area contributed by atoms with Crippen molar-refractivity contribution in [2.75, 3.05) is 18.1 Å². The molecule has 0 spiro atoms. The van der Waals surface area contributed by atoms with E-state index in [1.54, 1.807) is 38.2 Å². The van der Waals surface area contributed by atoms with E-state index in [9.17, 15) is 19.5 Å². The first kappa shape index (κ1) is 21.4. The number of carbonyl (C=O) groups is 3. The van der Waals surface area contributed by atoms with E-state index in [2.05, 4.69) is 10.3 Å². The Morgan fingerprint density at radius 3 is 2.54 bits per heavy atom. The summed E-state index contributed by atoms with van der Waals surface area (Å²) in [5, 5.41) is 13.2. The number of aliphatic carboxylic acids is 1. The Balaban J connectivity index is 2.32. The highest BCUT2D eigenvalue weighted by atomic mass is 16.5. The van der Waals surface area contributed by atoms with Crippen LogP contribution < -0.4 is 10.2 Å². The molecule has 152 valence electrons. The van der Waals surface area contributed by atoms with Crippen LogP contribution in [0.1, 0.15) is 27.7 Å². The number of hydrogen-bond acceptors (Lipinski definition) is 5. The van der Waals surface area contributed by atoms with Crippen LogP contribution in [0.2, 0.25) is 0 Å². The maximum Gasteiger partial charge on any atom is 0.323 e. The topological polar surface area (TPSA) is 112 Å². The number of amides is 1. The molecule has 28 heavy (non-hydrogen) atoms. The first-order valence-electron chi connectivity index (χ1n) is 9.27. The molecule has 0 unspecified atom stereocenters. The van der Waals surface area contributed by atoms with Crippen molar-refractivity contribution in [3.8, 4) is 0 Å². The summed E-state index contributed by atoms with van der Waals surface area (Å²) in [6, 6.07) is 5.66. The van der Waals surface area contributed by atoms with E-state index >= 15 is 0 Å². The summed E-state index contributed by atoms with van der Waals surface area (Å²) in [6.07, 6.45) is 1.78. The summed E-state index contributed by atoms with van der Waals surface area (Å²) in [4.78, 5) is 40.9. The minimum absolute atomic E-state index is 0.170. The minimum atomic E-state index is -1.12. The van der Waals surface area contributed by atoms with E-state index in [0.717, 1.165) is 10.9 Å². The van der Waals surface area contributed by atoms with Gasteiger partial charge in [-0.15, -0.1) is 0 Å². The number of carboxylic acid groups (broad SMARTS) is 1. The van der Waals surface area contributed by atoms with Crippen LogP contribution in [0.3, 0.4) is 0 Å². The molecule has 2 atom stereocenters. The number of aromatic nitrogens is 1. The van der Waals surface area contributed by atoms with Gasteiger partial charge < -0.3 is 14.8 Å². The van der Waals surface area contributed by atoms with Crippen LogP contribution in [0.5, 0.6) is 0 Å². The fourth-order valence-corrected chi connectivity index (χ4v) is 2.96. The number of esters is 1. The number of nitrogens with one attached hydrogen (secondary N) is 2. The van der Waals surface area contributed by atoms with E-state index in [4.69, 9.17) is 4.74 Å². The Morgan fingerprint density at radius 1 is 1.21 bits per heavy atom. The van der Waals surface area contributed by atoms with Crippen molar-refractivity contribution < 1.29 is 24.2 Å². The monoisotopic (exact) mass is 389 g/mol.